The number of hydrogen-bond acceptors (Lipinski definition) is 7. The summed E-state index contributed by atoms with van der Waals surface area (Å²) < 4.78 is 2.10. The Morgan fingerprint density at radius 2 is 1.84 bits per heavy atom. The number of para-hydroxylation sites is 1. The highest BCUT2D eigenvalue weighted by atomic mass is 16.3. The summed E-state index contributed by atoms with van der Waals surface area (Å²) in [5.41, 5.74) is 3.06. The molecule has 0 radical (unpaired) electrons. The normalized spacial score (nSPS) is 13.5. The fourth-order valence-corrected chi connectivity index (χ4v) is 3.82. The van der Waals surface area contributed by atoms with Gasteiger partial charge in [-0.3, -0.25) is 0 Å². The number of aryl methyl sites for hydroxylation is 1. The summed E-state index contributed by atoms with van der Waals surface area (Å²) in [4.78, 5) is 14.0. The topological polar surface area (TPSA) is 108 Å². The number of aliphatic hydroxyl groups is 1. The Hall–Kier alpha value is -2.87. The minimum Gasteiger partial charge on any atom is -0.507 e. The van der Waals surface area contributed by atoms with Crippen molar-refractivity contribution < 1.29 is 10.2 Å². The average molecular weight is 427 g/mol. The highest BCUT2D eigenvalue weighted by Crippen LogP contribution is 2.28. The quantitative estimate of drug-likeness (QED) is 0.381. The van der Waals surface area contributed by atoms with Crippen molar-refractivity contribution in [2.45, 2.75) is 78.6 Å². The lowest BCUT2D eigenvalue weighted by molar-refractivity contribution is 0.169. The zero-order valence-corrected chi connectivity index (χ0v) is 19.1. The molecule has 2 atom stereocenters. The van der Waals surface area contributed by atoms with Crippen LogP contribution in [-0.4, -0.2) is 41.9 Å². The van der Waals surface area contributed by atoms with Crippen LogP contribution < -0.4 is 10.6 Å². The second-order valence-electron chi connectivity index (χ2n) is 8.03. The van der Waals surface area contributed by atoms with E-state index in [0.717, 1.165) is 36.0 Å². The van der Waals surface area contributed by atoms with Gasteiger partial charge in [-0.25, -0.2) is 4.98 Å². The number of rotatable bonds is 10. The van der Waals surface area contributed by atoms with Gasteiger partial charge in [0.15, 0.2) is 17.0 Å². The Kier molecular flexibility index (Phi) is 7.33. The molecule has 0 aliphatic carbocycles. The van der Waals surface area contributed by atoms with Crippen LogP contribution in [0.3, 0.4) is 0 Å². The van der Waals surface area contributed by atoms with Crippen LogP contribution in [0.2, 0.25) is 0 Å². The Morgan fingerprint density at radius 1 is 1.10 bits per heavy atom. The van der Waals surface area contributed by atoms with Gasteiger partial charge >= 0.3 is 0 Å². The number of aliphatic hydroxyl groups excluding tert-OH is 1. The lowest BCUT2D eigenvalue weighted by Gasteiger charge is -2.21. The van der Waals surface area contributed by atoms with Gasteiger partial charge < -0.3 is 25.4 Å². The standard InChI is InChI=1S/C23H34N6O2/c1-6-17(7-2)29-13-25-19-21(24-12-16-11-9-10-14(4)20(16)31)27-23(28-22(19)29)26-18(8-3)15(5)30/h9-11,13,15,17-18,30-31H,6-8,12H2,1-5H3,(H2,24,26,27,28). The monoisotopic (exact) mass is 426 g/mol. The summed E-state index contributed by atoms with van der Waals surface area (Å²) in [6.45, 7) is 10.4. The van der Waals surface area contributed by atoms with Gasteiger partial charge in [0.1, 0.15) is 5.75 Å². The van der Waals surface area contributed by atoms with Crippen molar-refractivity contribution in [1.29, 1.82) is 0 Å². The molecule has 2 aromatic heterocycles. The maximum absolute atomic E-state index is 10.4. The molecule has 0 fully saturated rings. The molecule has 8 nitrogen and oxygen atoms in total. The van der Waals surface area contributed by atoms with Crippen LogP contribution in [0.5, 0.6) is 5.75 Å². The molecule has 31 heavy (non-hydrogen) atoms. The number of phenols is 1. The molecule has 0 bridgehead atoms. The predicted octanol–water partition coefficient (Wildman–Crippen LogP) is 4.38. The molecule has 0 aliphatic heterocycles. The third-order valence-corrected chi connectivity index (χ3v) is 5.86. The van der Waals surface area contributed by atoms with Crippen LogP contribution in [-0.2, 0) is 6.54 Å². The minimum atomic E-state index is -0.533. The molecule has 2 heterocycles. The third kappa shape index (κ3) is 4.90. The number of hydrogen-bond donors (Lipinski definition) is 4. The van der Waals surface area contributed by atoms with Gasteiger partial charge in [-0.15, -0.1) is 0 Å². The lowest BCUT2D eigenvalue weighted by Crippen LogP contribution is -2.31. The molecule has 2 unspecified atom stereocenters. The van der Waals surface area contributed by atoms with E-state index in [-0.39, 0.29) is 11.8 Å². The van der Waals surface area contributed by atoms with Gasteiger partial charge in [0.25, 0.3) is 0 Å². The van der Waals surface area contributed by atoms with E-state index in [1.54, 1.807) is 6.92 Å². The second kappa shape index (κ2) is 9.96. The van der Waals surface area contributed by atoms with E-state index >= 15 is 0 Å². The number of fused-ring (bicyclic) bond motifs is 1. The van der Waals surface area contributed by atoms with Gasteiger partial charge in [-0.2, -0.15) is 9.97 Å². The molecule has 0 amide bonds. The van der Waals surface area contributed by atoms with Crippen molar-refractivity contribution in [3.05, 3.63) is 35.7 Å². The number of anilines is 2. The smallest absolute Gasteiger partial charge is 0.227 e. The van der Waals surface area contributed by atoms with E-state index in [0.29, 0.717) is 29.9 Å². The zero-order chi connectivity index (χ0) is 22.5. The zero-order valence-electron chi connectivity index (χ0n) is 19.1. The molecular formula is C23H34N6O2. The molecule has 4 N–H and O–H groups in total. The van der Waals surface area contributed by atoms with Gasteiger partial charge in [0.2, 0.25) is 5.95 Å². The van der Waals surface area contributed by atoms with Crippen LogP contribution in [0.25, 0.3) is 11.2 Å². The first-order valence-corrected chi connectivity index (χ1v) is 11.1. The average Bonchev–Trinajstić information content (AvgIpc) is 3.17. The molecular weight excluding hydrogens is 392 g/mol. The van der Waals surface area contributed by atoms with Crippen LogP contribution >= 0.6 is 0 Å². The number of nitrogens with one attached hydrogen (secondary N) is 2. The van der Waals surface area contributed by atoms with Gasteiger partial charge in [-0.05, 0) is 38.7 Å². The molecule has 1 aromatic carbocycles. The Bertz CT molecular complexity index is 1010. The van der Waals surface area contributed by atoms with Crippen LogP contribution in [0.15, 0.2) is 24.5 Å². The first-order valence-electron chi connectivity index (χ1n) is 11.1. The first kappa shape index (κ1) is 22.8. The predicted molar refractivity (Wildman–Crippen MR) is 124 cm³/mol. The molecule has 3 rings (SSSR count). The molecule has 3 aromatic rings. The number of imidazole rings is 1. The maximum Gasteiger partial charge on any atom is 0.227 e. The van der Waals surface area contributed by atoms with Crippen molar-refractivity contribution in [3.63, 3.8) is 0 Å². The molecule has 168 valence electrons. The molecule has 0 aliphatic rings. The number of nitrogens with zero attached hydrogens (tertiary/aromatic N) is 4. The third-order valence-electron chi connectivity index (χ3n) is 5.86. The van der Waals surface area contributed by atoms with Gasteiger partial charge in [-0.1, -0.05) is 39.0 Å². The van der Waals surface area contributed by atoms with E-state index in [1.807, 2.05) is 38.4 Å². The first-order chi connectivity index (χ1) is 14.9. The largest absolute Gasteiger partial charge is 0.507 e. The van der Waals surface area contributed by atoms with E-state index in [1.165, 1.54) is 0 Å². The molecule has 8 heteroatoms. The van der Waals surface area contributed by atoms with Crippen LogP contribution in [0, 0.1) is 6.92 Å². The Labute approximate surface area is 183 Å². The number of aromatic hydroxyl groups is 1. The minimum absolute atomic E-state index is 0.157. The summed E-state index contributed by atoms with van der Waals surface area (Å²) in [5.74, 6) is 1.32. The van der Waals surface area contributed by atoms with Crippen molar-refractivity contribution in [2.75, 3.05) is 10.6 Å². The summed E-state index contributed by atoms with van der Waals surface area (Å²) in [6.07, 6.45) is 3.97. The Balaban J connectivity index is 2.02. The van der Waals surface area contributed by atoms with Crippen molar-refractivity contribution in [1.82, 2.24) is 19.5 Å². The van der Waals surface area contributed by atoms with Crippen molar-refractivity contribution >= 4 is 22.9 Å². The second-order valence-corrected chi connectivity index (χ2v) is 8.03. The van der Waals surface area contributed by atoms with E-state index in [2.05, 4.69) is 39.0 Å². The van der Waals surface area contributed by atoms with E-state index in [9.17, 15) is 10.2 Å². The molecule has 0 saturated carbocycles. The summed E-state index contributed by atoms with van der Waals surface area (Å²) in [5, 5.41) is 27.0. The molecule has 0 spiro atoms. The number of benzene rings is 1. The summed E-state index contributed by atoms with van der Waals surface area (Å²) in [7, 11) is 0. The van der Waals surface area contributed by atoms with Crippen molar-refractivity contribution in [2.24, 2.45) is 0 Å². The fourth-order valence-electron chi connectivity index (χ4n) is 3.82. The van der Waals surface area contributed by atoms with Crippen molar-refractivity contribution in [3.8, 4) is 5.75 Å². The highest BCUT2D eigenvalue weighted by Gasteiger charge is 2.20. The van der Waals surface area contributed by atoms with Crippen LogP contribution in [0.4, 0.5) is 11.8 Å². The lowest BCUT2D eigenvalue weighted by atomic mass is 10.1. The van der Waals surface area contributed by atoms with E-state index < -0.39 is 6.10 Å². The Morgan fingerprint density at radius 3 is 2.48 bits per heavy atom. The summed E-state index contributed by atoms with van der Waals surface area (Å²) >= 11 is 0. The van der Waals surface area contributed by atoms with E-state index in [4.69, 9.17) is 4.98 Å². The van der Waals surface area contributed by atoms with Gasteiger partial charge in [0, 0.05) is 18.2 Å². The van der Waals surface area contributed by atoms with Gasteiger partial charge in [0.05, 0.1) is 18.5 Å². The van der Waals surface area contributed by atoms with Crippen LogP contribution in [0.1, 0.15) is 64.1 Å². The summed E-state index contributed by atoms with van der Waals surface area (Å²) in [6, 6.07) is 5.82. The fraction of sp³-hybridized carbons (Fsp3) is 0.522. The number of phenolic OH excluding ortho intramolecular Hbond substituents is 1. The maximum atomic E-state index is 10.4. The molecule has 0 saturated heterocycles. The number of aromatic nitrogens is 4. The SMILES string of the molecule is CCC(Nc1nc(NCc2cccc(C)c2O)c2ncn(C(CC)CC)c2n1)C(C)O. The highest BCUT2D eigenvalue weighted by molar-refractivity contribution is 5.84.